The SMILES string of the molecule is CC(C)(C)OC(=O)N(C[C@H]1C[C@H](n2nc(C3CC3)c3cc(Cl)cnc32)C1)C(=O)OC(C)(C)C. The van der Waals surface area contributed by atoms with Crippen LogP contribution >= 0.6 is 11.6 Å². The predicted octanol–water partition coefficient (Wildman–Crippen LogP) is 6.09. The summed E-state index contributed by atoms with van der Waals surface area (Å²) in [5, 5.41) is 6.53. The number of halogens is 1. The average molecular weight is 477 g/mol. The molecule has 4 rings (SSSR count). The average Bonchev–Trinajstić information content (AvgIpc) is 3.39. The molecular weight excluding hydrogens is 444 g/mol. The van der Waals surface area contributed by atoms with Crippen molar-refractivity contribution >= 4 is 34.8 Å². The summed E-state index contributed by atoms with van der Waals surface area (Å²) in [6, 6.07) is 2.11. The van der Waals surface area contributed by atoms with Crippen molar-refractivity contribution in [3.63, 3.8) is 0 Å². The van der Waals surface area contributed by atoms with Gasteiger partial charge in [-0.25, -0.2) is 24.2 Å². The molecule has 0 N–H and O–H groups in total. The van der Waals surface area contributed by atoms with E-state index in [0.717, 1.165) is 47.3 Å². The normalized spacial score (nSPS) is 20.9. The number of rotatable bonds is 4. The van der Waals surface area contributed by atoms with Gasteiger partial charge in [-0.15, -0.1) is 0 Å². The Labute approximate surface area is 199 Å². The number of nitrogens with zero attached hydrogens (tertiary/aromatic N) is 4. The number of hydrogen-bond acceptors (Lipinski definition) is 6. The Balaban J connectivity index is 1.47. The first kappa shape index (κ1) is 23.8. The van der Waals surface area contributed by atoms with Crippen LogP contribution in [0.2, 0.25) is 5.02 Å². The Morgan fingerprint density at radius 2 is 1.67 bits per heavy atom. The monoisotopic (exact) mass is 476 g/mol. The maximum Gasteiger partial charge on any atom is 0.419 e. The Hall–Kier alpha value is -2.35. The third-order valence-electron chi connectivity index (χ3n) is 5.73. The van der Waals surface area contributed by atoms with Crippen molar-refractivity contribution in [3.8, 4) is 0 Å². The zero-order valence-electron chi connectivity index (χ0n) is 20.2. The van der Waals surface area contributed by atoms with Gasteiger partial charge in [-0.2, -0.15) is 5.10 Å². The van der Waals surface area contributed by atoms with Crippen molar-refractivity contribution < 1.29 is 19.1 Å². The van der Waals surface area contributed by atoms with Gasteiger partial charge in [0.2, 0.25) is 0 Å². The molecule has 2 aromatic rings. The number of amides is 2. The highest BCUT2D eigenvalue weighted by Crippen LogP contribution is 2.45. The fourth-order valence-electron chi connectivity index (χ4n) is 4.10. The summed E-state index contributed by atoms with van der Waals surface area (Å²) in [4.78, 5) is 31.2. The second-order valence-electron chi connectivity index (χ2n) is 11.2. The molecule has 0 aliphatic heterocycles. The topological polar surface area (TPSA) is 86.5 Å². The Morgan fingerprint density at radius 1 is 1.09 bits per heavy atom. The van der Waals surface area contributed by atoms with Gasteiger partial charge in [0.05, 0.1) is 16.8 Å². The third-order valence-corrected chi connectivity index (χ3v) is 5.94. The van der Waals surface area contributed by atoms with E-state index in [1.54, 1.807) is 47.7 Å². The predicted molar refractivity (Wildman–Crippen MR) is 125 cm³/mol. The molecule has 0 aromatic carbocycles. The van der Waals surface area contributed by atoms with Gasteiger partial charge in [-0.3, -0.25) is 0 Å². The van der Waals surface area contributed by atoms with Crippen molar-refractivity contribution in [1.29, 1.82) is 0 Å². The molecule has 2 amide bonds. The smallest absolute Gasteiger partial charge is 0.419 e. The van der Waals surface area contributed by atoms with Crippen molar-refractivity contribution in [3.05, 3.63) is 23.0 Å². The largest absolute Gasteiger partial charge is 0.443 e. The number of carbonyl (C=O) groups excluding carboxylic acids is 2. The summed E-state index contributed by atoms with van der Waals surface area (Å²) in [7, 11) is 0. The van der Waals surface area contributed by atoms with Crippen LogP contribution in [0.25, 0.3) is 11.0 Å². The molecule has 2 aromatic heterocycles. The van der Waals surface area contributed by atoms with E-state index in [1.165, 1.54) is 0 Å². The second-order valence-corrected chi connectivity index (χ2v) is 11.6. The van der Waals surface area contributed by atoms with E-state index in [9.17, 15) is 9.59 Å². The lowest BCUT2D eigenvalue weighted by molar-refractivity contribution is -0.00632. The van der Waals surface area contributed by atoms with E-state index in [2.05, 4.69) is 4.98 Å². The van der Waals surface area contributed by atoms with E-state index < -0.39 is 23.4 Å². The summed E-state index contributed by atoms with van der Waals surface area (Å²) in [6.45, 7) is 10.9. The molecule has 2 saturated carbocycles. The van der Waals surface area contributed by atoms with Crippen LogP contribution in [0, 0.1) is 5.92 Å². The van der Waals surface area contributed by atoms with E-state index in [0.29, 0.717) is 10.9 Å². The minimum Gasteiger partial charge on any atom is -0.443 e. The van der Waals surface area contributed by atoms with Crippen LogP contribution < -0.4 is 0 Å². The van der Waals surface area contributed by atoms with Gasteiger partial charge in [0.25, 0.3) is 0 Å². The number of pyridine rings is 1. The number of carbonyl (C=O) groups is 2. The molecule has 2 heterocycles. The number of hydrogen-bond donors (Lipinski definition) is 0. The highest BCUT2D eigenvalue weighted by Gasteiger charge is 2.40. The molecule has 2 aliphatic rings. The number of fused-ring (bicyclic) bond motifs is 1. The van der Waals surface area contributed by atoms with Gasteiger partial charge in [0.1, 0.15) is 11.2 Å². The maximum absolute atomic E-state index is 12.8. The van der Waals surface area contributed by atoms with Crippen LogP contribution in [-0.4, -0.2) is 49.6 Å². The fraction of sp³-hybridized carbons (Fsp3) is 0.667. The molecule has 0 spiro atoms. The number of aromatic nitrogens is 3. The Morgan fingerprint density at radius 3 is 2.18 bits per heavy atom. The molecular formula is C24H33ClN4O4. The number of imide groups is 1. The van der Waals surface area contributed by atoms with Crippen LogP contribution in [0.15, 0.2) is 12.3 Å². The fourth-order valence-corrected chi connectivity index (χ4v) is 4.26. The standard InChI is InChI=1S/C24H33ClN4O4/c1-23(2,3)32-21(30)28(22(31)33-24(4,5)6)13-14-9-17(10-14)29-20-18(11-16(25)12-26-20)19(27-29)15-7-8-15/h11-12,14-15,17H,7-10,13H2,1-6H3/t14-,17-. The highest BCUT2D eigenvalue weighted by molar-refractivity contribution is 6.31. The molecule has 2 fully saturated rings. The lowest BCUT2D eigenvalue weighted by atomic mass is 9.80. The van der Waals surface area contributed by atoms with Gasteiger partial charge >= 0.3 is 12.2 Å². The van der Waals surface area contributed by atoms with Crippen LogP contribution in [0.3, 0.4) is 0 Å². The summed E-state index contributed by atoms with van der Waals surface area (Å²) in [6.07, 6.45) is 4.15. The molecule has 0 radical (unpaired) electrons. The molecule has 9 heteroatoms. The summed E-state index contributed by atoms with van der Waals surface area (Å²) < 4.78 is 12.9. The van der Waals surface area contributed by atoms with Gasteiger partial charge in [-0.05, 0) is 79.2 Å². The lowest BCUT2D eigenvalue weighted by Crippen LogP contribution is -2.47. The zero-order chi connectivity index (χ0) is 24.1. The minimum atomic E-state index is -0.709. The van der Waals surface area contributed by atoms with Crippen LogP contribution in [-0.2, 0) is 9.47 Å². The van der Waals surface area contributed by atoms with Crippen molar-refractivity contribution in [2.75, 3.05) is 6.54 Å². The van der Waals surface area contributed by atoms with Crippen molar-refractivity contribution in [2.24, 2.45) is 5.92 Å². The first-order valence-electron chi connectivity index (χ1n) is 11.6. The molecule has 0 bridgehead atoms. The molecule has 0 saturated heterocycles. The Kier molecular flexibility index (Phi) is 6.10. The highest BCUT2D eigenvalue weighted by atomic mass is 35.5. The van der Waals surface area contributed by atoms with Crippen LogP contribution in [0.5, 0.6) is 0 Å². The van der Waals surface area contributed by atoms with Gasteiger partial charge < -0.3 is 9.47 Å². The zero-order valence-corrected chi connectivity index (χ0v) is 21.0. The minimum absolute atomic E-state index is 0.131. The first-order valence-corrected chi connectivity index (χ1v) is 12.0. The maximum atomic E-state index is 12.8. The van der Waals surface area contributed by atoms with Crippen molar-refractivity contribution in [2.45, 2.75) is 90.4 Å². The van der Waals surface area contributed by atoms with E-state index in [1.807, 2.05) is 10.7 Å². The molecule has 33 heavy (non-hydrogen) atoms. The quantitative estimate of drug-likeness (QED) is 0.531. The second kappa shape index (κ2) is 8.46. The van der Waals surface area contributed by atoms with E-state index in [-0.39, 0.29) is 18.5 Å². The summed E-state index contributed by atoms with van der Waals surface area (Å²) in [5.74, 6) is 0.616. The molecule has 0 unspecified atom stereocenters. The third kappa shape index (κ3) is 5.60. The summed E-state index contributed by atoms with van der Waals surface area (Å²) >= 11 is 6.19. The number of ether oxygens (including phenoxy) is 2. The van der Waals surface area contributed by atoms with Crippen LogP contribution in [0.1, 0.15) is 84.9 Å². The molecule has 8 nitrogen and oxygen atoms in total. The van der Waals surface area contributed by atoms with Crippen LogP contribution in [0.4, 0.5) is 9.59 Å². The van der Waals surface area contributed by atoms with Gasteiger partial charge in [0, 0.05) is 24.0 Å². The van der Waals surface area contributed by atoms with E-state index in [4.69, 9.17) is 26.2 Å². The summed E-state index contributed by atoms with van der Waals surface area (Å²) in [5.41, 5.74) is 0.507. The molecule has 2 aliphatic carbocycles. The first-order chi connectivity index (χ1) is 15.3. The Bertz CT molecular complexity index is 1030. The van der Waals surface area contributed by atoms with E-state index >= 15 is 0 Å². The van der Waals surface area contributed by atoms with Crippen molar-refractivity contribution in [1.82, 2.24) is 19.7 Å². The lowest BCUT2D eigenvalue weighted by Gasteiger charge is -2.38. The molecule has 0 atom stereocenters. The van der Waals surface area contributed by atoms with Gasteiger partial charge in [0.15, 0.2) is 5.65 Å². The molecule has 180 valence electrons. The van der Waals surface area contributed by atoms with Gasteiger partial charge in [-0.1, -0.05) is 11.6 Å².